The van der Waals surface area contributed by atoms with Crippen LogP contribution in [-0.4, -0.2) is 27.1 Å². The Kier molecular flexibility index (Phi) is 4.66. The molecule has 0 unspecified atom stereocenters. The van der Waals surface area contributed by atoms with Gasteiger partial charge in [0.15, 0.2) is 0 Å². The van der Waals surface area contributed by atoms with Gasteiger partial charge in [-0.05, 0) is 36.8 Å². The maximum atomic E-state index is 4.08. The smallest absolute Gasteiger partial charge is 0.0991 e. The number of nitrogens with one attached hydrogen (secondary N) is 1. The normalized spacial score (nSPS) is 17.2. The molecule has 1 N–H and O–H groups in total. The quantitative estimate of drug-likeness (QED) is 0.883. The van der Waals surface area contributed by atoms with Crippen LogP contribution in [0, 0.1) is 0 Å². The van der Waals surface area contributed by atoms with Crippen LogP contribution < -0.4 is 5.32 Å². The summed E-state index contributed by atoms with van der Waals surface area (Å²) in [6, 6.07) is 8.70. The number of aromatic nitrogens is 2. The molecule has 1 aromatic carbocycles. The number of imidazole rings is 1. The van der Waals surface area contributed by atoms with E-state index in [2.05, 4.69) is 40.8 Å². The van der Waals surface area contributed by atoms with Crippen molar-refractivity contribution < 1.29 is 0 Å². The minimum absolute atomic E-state index is 0.483. The zero-order chi connectivity index (χ0) is 14.5. The second-order valence-electron chi connectivity index (χ2n) is 5.83. The Morgan fingerprint density at radius 3 is 2.62 bits per heavy atom. The lowest BCUT2D eigenvalue weighted by atomic mass is 10.1. The second kappa shape index (κ2) is 6.67. The molecule has 2 aromatic rings. The summed E-state index contributed by atoms with van der Waals surface area (Å²) in [7, 11) is 0. The lowest BCUT2D eigenvalue weighted by Crippen LogP contribution is -2.34. The highest BCUT2D eigenvalue weighted by Crippen LogP contribution is 2.39. The summed E-state index contributed by atoms with van der Waals surface area (Å²) in [4.78, 5) is 4.08. The third-order valence-electron chi connectivity index (χ3n) is 4.46. The monoisotopic (exact) mass is 301 g/mol. The predicted octanol–water partition coefficient (Wildman–Crippen LogP) is 3.64. The summed E-state index contributed by atoms with van der Waals surface area (Å²) in [6.07, 6.45) is 13.4. The van der Waals surface area contributed by atoms with Crippen LogP contribution in [0.25, 0.3) is 5.69 Å². The Morgan fingerprint density at radius 1 is 1.24 bits per heavy atom. The van der Waals surface area contributed by atoms with E-state index in [1.807, 2.05) is 28.9 Å². The van der Waals surface area contributed by atoms with Crippen LogP contribution in [0.4, 0.5) is 0 Å². The molecule has 112 valence electrons. The first-order valence-corrected chi connectivity index (χ1v) is 8.87. The van der Waals surface area contributed by atoms with E-state index in [4.69, 9.17) is 0 Å². The molecule has 0 spiro atoms. The number of benzene rings is 1. The fraction of sp³-hybridized carbons (Fsp3) is 0.471. The average molecular weight is 301 g/mol. The van der Waals surface area contributed by atoms with Gasteiger partial charge in [-0.1, -0.05) is 25.0 Å². The lowest BCUT2D eigenvalue weighted by Gasteiger charge is -2.27. The van der Waals surface area contributed by atoms with E-state index in [0.29, 0.717) is 4.75 Å². The maximum absolute atomic E-state index is 4.08. The first kappa shape index (κ1) is 14.7. The molecule has 0 radical (unpaired) electrons. The average Bonchev–Trinajstić information content (AvgIpc) is 3.20. The second-order valence-corrected chi connectivity index (χ2v) is 7.11. The first-order valence-electron chi connectivity index (χ1n) is 7.64. The number of hydrogen-bond donors (Lipinski definition) is 1. The van der Waals surface area contributed by atoms with Crippen molar-refractivity contribution in [1.82, 2.24) is 14.9 Å². The van der Waals surface area contributed by atoms with Gasteiger partial charge in [-0.15, -0.1) is 0 Å². The van der Waals surface area contributed by atoms with Crippen LogP contribution in [0.2, 0.25) is 0 Å². The summed E-state index contributed by atoms with van der Waals surface area (Å²) < 4.78 is 2.51. The Morgan fingerprint density at radius 2 is 2.00 bits per heavy atom. The molecule has 1 fully saturated rings. The standard InChI is InChI=1S/C17H23N3S/c1-21-17(8-2-3-9-17)13-19-12-15-4-6-16(7-5-15)20-11-10-18-14-20/h4-7,10-11,14,19H,2-3,8-9,12-13H2,1H3. The Hall–Kier alpha value is -1.26. The highest BCUT2D eigenvalue weighted by molar-refractivity contribution is 8.00. The van der Waals surface area contributed by atoms with Crippen molar-refractivity contribution >= 4 is 11.8 Å². The summed E-state index contributed by atoms with van der Waals surface area (Å²) in [6.45, 7) is 2.07. The molecule has 0 bridgehead atoms. The van der Waals surface area contributed by atoms with Crippen molar-refractivity contribution in [3.05, 3.63) is 48.5 Å². The Labute approximate surface area is 131 Å². The molecule has 0 atom stereocenters. The summed E-state index contributed by atoms with van der Waals surface area (Å²) in [5, 5.41) is 3.65. The van der Waals surface area contributed by atoms with Crippen LogP contribution in [0.1, 0.15) is 31.2 Å². The first-order chi connectivity index (χ1) is 10.3. The van der Waals surface area contributed by atoms with E-state index < -0.39 is 0 Å². The van der Waals surface area contributed by atoms with Crippen molar-refractivity contribution in [2.75, 3.05) is 12.8 Å². The highest BCUT2D eigenvalue weighted by Gasteiger charge is 2.32. The van der Waals surface area contributed by atoms with Crippen molar-refractivity contribution in [1.29, 1.82) is 0 Å². The lowest BCUT2D eigenvalue weighted by molar-refractivity contribution is 0.534. The van der Waals surface area contributed by atoms with Gasteiger partial charge in [0.25, 0.3) is 0 Å². The van der Waals surface area contributed by atoms with E-state index in [1.165, 1.54) is 31.2 Å². The number of nitrogens with zero attached hydrogens (tertiary/aromatic N) is 2. The van der Waals surface area contributed by atoms with Gasteiger partial charge in [-0.25, -0.2) is 4.98 Å². The van der Waals surface area contributed by atoms with E-state index >= 15 is 0 Å². The molecule has 3 rings (SSSR count). The molecule has 3 nitrogen and oxygen atoms in total. The van der Waals surface area contributed by atoms with Crippen molar-refractivity contribution in [3.63, 3.8) is 0 Å². The molecular weight excluding hydrogens is 278 g/mol. The predicted molar refractivity (Wildman–Crippen MR) is 90.0 cm³/mol. The summed E-state index contributed by atoms with van der Waals surface area (Å²) in [5.41, 5.74) is 2.50. The SMILES string of the molecule is CSC1(CNCc2ccc(-n3ccnc3)cc2)CCCC1. The Balaban J connectivity index is 1.54. The minimum Gasteiger partial charge on any atom is -0.311 e. The topological polar surface area (TPSA) is 29.9 Å². The van der Waals surface area contributed by atoms with Crippen LogP contribution in [0.15, 0.2) is 43.0 Å². The van der Waals surface area contributed by atoms with Gasteiger partial charge < -0.3 is 9.88 Å². The fourth-order valence-corrected chi connectivity index (χ4v) is 4.05. The van der Waals surface area contributed by atoms with E-state index in [1.54, 1.807) is 6.20 Å². The molecule has 1 aromatic heterocycles. The van der Waals surface area contributed by atoms with Crippen molar-refractivity contribution in [3.8, 4) is 5.69 Å². The van der Waals surface area contributed by atoms with Gasteiger partial charge in [0.2, 0.25) is 0 Å². The third-order valence-corrected chi connectivity index (χ3v) is 5.88. The van der Waals surface area contributed by atoms with E-state index in [-0.39, 0.29) is 0 Å². The molecule has 1 heterocycles. The van der Waals surface area contributed by atoms with Gasteiger partial charge in [-0.2, -0.15) is 11.8 Å². The van der Waals surface area contributed by atoms with Crippen LogP contribution in [0.5, 0.6) is 0 Å². The van der Waals surface area contributed by atoms with Gasteiger partial charge >= 0.3 is 0 Å². The minimum atomic E-state index is 0.483. The zero-order valence-electron chi connectivity index (χ0n) is 12.6. The molecule has 0 saturated heterocycles. The van der Waals surface area contributed by atoms with Gasteiger partial charge in [0.05, 0.1) is 6.33 Å². The highest BCUT2D eigenvalue weighted by atomic mass is 32.2. The molecular formula is C17H23N3S. The third kappa shape index (κ3) is 3.50. The van der Waals surface area contributed by atoms with Crippen LogP contribution in [-0.2, 0) is 6.54 Å². The molecule has 0 amide bonds. The van der Waals surface area contributed by atoms with Gasteiger partial charge in [-0.3, -0.25) is 0 Å². The molecule has 1 aliphatic rings. The van der Waals surface area contributed by atoms with Crippen molar-refractivity contribution in [2.45, 2.75) is 37.0 Å². The van der Waals surface area contributed by atoms with E-state index in [0.717, 1.165) is 18.8 Å². The number of rotatable bonds is 6. The van der Waals surface area contributed by atoms with Gasteiger partial charge in [0.1, 0.15) is 0 Å². The van der Waals surface area contributed by atoms with Crippen LogP contribution >= 0.6 is 11.8 Å². The van der Waals surface area contributed by atoms with Crippen LogP contribution in [0.3, 0.4) is 0 Å². The maximum Gasteiger partial charge on any atom is 0.0991 e. The summed E-state index contributed by atoms with van der Waals surface area (Å²) in [5.74, 6) is 0. The fourth-order valence-electron chi connectivity index (χ4n) is 3.10. The molecule has 1 aliphatic carbocycles. The van der Waals surface area contributed by atoms with Gasteiger partial charge in [0, 0.05) is 35.9 Å². The summed E-state index contributed by atoms with van der Waals surface area (Å²) >= 11 is 2.04. The largest absolute Gasteiger partial charge is 0.311 e. The molecule has 0 aliphatic heterocycles. The number of thioether (sulfide) groups is 1. The van der Waals surface area contributed by atoms with Crippen molar-refractivity contribution in [2.24, 2.45) is 0 Å². The number of hydrogen-bond acceptors (Lipinski definition) is 3. The Bertz CT molecular complexity index is 542. The molecule has 4 heteroatoms. The molecule has 1 saturated carbocycles. The van der Waals surface area contributed by atoms with E-state index in [9.17, 15) is 0 Å². The molecule has 21 heavy (non-hydrogen) atoms. The zero-order valence-corrected chi connectivity index (χ0v) is 13.4.